The van der Waals surface area contributed by atoms with Gasteiger partial charge in [0.15, 0.2) is 11.4 Å². The number of anilines is 1. The second kappa shape index (κ2) is 5.30. The summed E-state index contributed by atoms with van der Waals surface area (Å²) in [6.45, 7) is 1.82. The standard InChI is InChI=1S/C17H16N6O/c1-2-4-14-13(3-1)15-16(24-14)17(19-11-18-15)22-8-5-12(6-9-22)23-10-7-20-21-23/h1-4,7,10-12H,5-6,8-9H2. The van der Waals surface area contributed by atoms with Crippen LogP contribution in [-0.4, -0.2) is 38.1 Å². The summed E-state index contributed by atoms with van der Waals surface area (Å²) in [7, 11) is 0. The lowest BCUT2D eigenvalue weighted by molar-refractivity contribution is 0.359. The first-order chi connectivity index (χ1) is 11.9. The molecule has 1 aliphatic heterocycles. The number of aromatic nitrogens is 5. The second-order valence-electron chi connectivity index (χ2n) is 6.07. The van der Waals surface area contributed by atoms with Gasteiger partial charge >= 0.3 is 0 Å². The molecule has 0 radical (unpaired) electrons. The normalized spacial score (nSPS) is 16.2. The quantitative estimate of drug-likeness (QED) is 0.565. The first-order valence-corrected chi connectivity index (χ1v) is 8.13. The van der Waals surface area contributed by atoms with Crippen LogP contribution in [0.4, 0.5) is 5.82 Å². The van der Waals surface area contributed by atoms with E-state index in [1.54, 1.807) is 12.5 Å². The van der Waals surface area contributed by atoms with Crippen LogP contribution >= 0.6 is 0 Å². The molecule has 0 bridgehead atoms. The van der Waals surface area contributed by atoms with Crippen LogP contribution in [-0.2, 0) is 0 Å². The highest BCUT2D eigenvalue weighted by Gasteiger charge is 2.25. The van der Waals surface area contributed by atoms with Crippen LogP contribution in [0.3, 0.4) is 0 Å². The molecule has 7 nitrogen and oxygen atoms in total. The lowest BCUT2D eigenvalue weighted by Gasteiger charge is -2.32. The molecule has 1 aliphatic rings. The zero-order chi connectivity index (χ0) is 15.9. The molecule has 1 aromatic carbocycles. The maximum atomic E-state index is 6.04. The Morgan fingerprint density at radius 2 is 1.96 bits per heavy atom. The van der Waals surface area contributed by atoms with E-state index in [0.29, 0.717) is 6.04 Å². The van der Waals surface area contributed by atoms with E-state index in [1.165, 1.54) is 0 Å². The number of hydrogen-bond donors (Lipinski definition) is 0. The Labute approximate surface area is 137 Å². The molecule has 1 fully saturated rings. The molecule has 0 unspecified atom stereocenters. The molecular formula is C17H16N6O. The van der Waals surface area contributed by atoms with Gasteiger partial charge < -0.3 is 9.32 Å². The van der Waals surface area contributed by atoms with Gasteiger partial charge in [-0.1, -0.05) is 17.3 Å². The van der Waals surface area contributed by atoms with E-state index in [0.717, 1.165) is 53.8 Å². The summed E-state index contributed by atoms with van der Waals surface area (Å²) in [4.78, 5) is 11.2. The Morgan fingerprint density at radius 3 is 2.79 bits per heavy atom. The molecule has 0 spiro atoms. The summed E-state index contributed by atoms with van der Waals surface area (Å²) in [5, 5.41) is 9.06. The summed E-state index contributed by atoms with van der Waals surface area (Å²) in [5.41, 5.74) is 2.51. The third-order valence-corrected chi connectivity index (χ3v) is 4.72. The van der Waals surface area contributed by atoms with Crippen molar-refractivity contribution in [3.05, 3.63) is 43.0 Å². The van der Waals surface area contributed by atoms with E-state index < -0.39 is 0 Å². The van der Waals surface area contributed by atoms with Crippen molar-refractivity contribution in [1.82, 2.24) is 25.0 Å². The summed E-state index contributed by atoms with van der Waals surface area (Å²) in [5.74, 6) is 0.883. The maximum absolute atomic E-state index is 6.04. The highest BCUT2D eigenvalue weighted by atomic mass is 16.3. The Kier molecular flexibility index (Phi) is 2.97. The maximum Gasteiger partial charge on any atom is 0.196 e. The van der Waals surface area contributed by atoms with Crippen LogP contribution in [0.2, 0.25) is 0 Å². The Balaban J connectivity index is 1.49. The van der Waals surface area contributed by atoms with Crippen molar-refractivity contribution < 1.29 is 4.42 Å². The average molecular weight is 320 g/mol. The zero-order valence-electron chi connectivity index (χ0n) is 13.0. The Hall–Kier alpha value is -2.96. The van der Waals surface area contributed by atoms with Crippen molar-refractivity contribution in [2.24, 2.45) is 0 Å². The van der Waals surface area contributed by atoms with E-state index in [-0.39, 0.29) is 0 Å². The molecule has 0 atom stereocenters. The van der Waals surface area contributed by atoms with Crippen molar-refractivity contribution in [3.8, 4) is 0 Å². The summed E-state index contributed by atoms with van der Waals surface area (Å²) < 4.78 is 7.99. The highest BCUT2D eigenvalue weighted by molar-refractivity contribution is 6.05. The van der Waals surface area contributed by atoms with Crippen molar-refractivity contribution >= 4 is 27.9 Å². The van der Waals surface area contributed by atoms with Gasteiger partial charge in [-0.25, -0.2) is 14.6 Å². The smallest absolute Gasteiger partial charge is 0.196 e. The highest BCUT2D eigenvalue weighted by Crippen LogP contribution is 2.34. The molecule has 24 heavy (non-hydrogen) atoms. The molecule has 4 heterocycles. The molecule has 0 aliphatic carbocycles. The van der Waals surface area contributed by atoms with Gasteiger partial charge in [0.05, 0.1) is 12.2 Å². The summed E-state index contributed by atoms with van der Waals surface area (Å²) >= 11 is 0. The summed E-state index contributed by atoms with van der Waals surface area (Å²) in [6.07, 6.45) is 7.31. The van der Waals surface area contributed by atoms with E-state index >= 15 is 0 Å². The van der Waals surface area contributed by atoms with Crippen LogP contribution in [0.25, 0.3) is 22.1 Å². The van der Waals surface area contributed by atoms with Gasteiger partial charge in [-0.2, -0.15) is 0 Å². The first kappa shape index (κ1) is 13.5. The minimum absolute atomic E-state index is 0.400. The molecule has 3 aromatic heterocycles. The van der Waals surface area contributed by atoms with Gasteiger partial charge in [0.1, 0.15) is 17.4 Å². The van der Waals surface area contributed by atoms with Gasteiger partial charge in [0.2, 0.25) is 0 Å². The first-order valence-electron chi connectivity index (χ1n) is 8.13. The molecule has 0 amide bonds. The zero-order valence-corrected chi connectivity index (χ0v) is 13.0. The van der Waals surface area contributed by atoms with Crippen LogP contribution in [0.1, 0.15) is 18.9 Å². The minimum Gasteiger partial charge on any atom is -0.450 e. The van der Waals surface area contributed by atoms with Crippen LogP contribution in [0.15, 0.2) is 47.4 Å². The SMILES string of the molecule is c1ccc2c(c1)oc1c(N3CCC(n4ccnn4)CC3)ncnc12. The number of furan rings is 1. The Morgan fingerprint density at radius 1 is 1.08 bits per heavy atom. The van der Waals surface area contributed by atoms with E-state index in [2.05, 4.69) is 25.2 Å². The third-order valence-electron chi connectivity index (χ3n) is 4.72. The minimum atomic E-state index is 0.400. The predicted molar refractivity (Wildman–Crippen MR) is 89.8 cm³/mol. The largest absolute Gasteiger partial charge is 0.450 e. The van der Waals surface area contributed by atoms with Gasteiger partial charge in [0, 0.05) is 24.7 Å². The number of piperidine rings is 1. The van der Waals surface area contributed by atoms with Gasteiger partial charge in [-0.05, 0) is 25.0 Å². The van der Waals surface area contributed by atoms with E-state index in [4.69, 9.17) is 4.42 Å². The number of hydrogen-bond acceptors (Lipinski definition) is 6. The lowest BCUT2D eigenvalue weighted by atomic mass is 10.1. The fourth-order valence-electron chi connectivity index (χ4n) is 3.49. The number of para-hydroxylation sites is 1. The fourth-order valence-corrected chi connectivity index (χ4v) is 3.49. The van der Waals surface area contributed by atoms with Gasteiger partial charge in [-0.3, -0.25) is 0 Å². The van der Waals surface area contributed by atoms with Crippen molar-refractivity contribution in [3.63, 3.8) is 0 Å². The van der Waals surface area contributed by atoms with E-state index in [9.17, 15) is 0 Å². The van der Waals surface area contributed by atoms with E-state index in [1.807, 2.05) is 35.1 Å². The topological polar surface area (TPSA) is 72.9 Å². The predicted octanol–water partition coefficient (Wildman–Crippen LogP) is 2.81. The number of nitrogens with zero attached hydrogens (tertiary/aromatic N) is 6. The summed E-state index contributed by atoms with van der Waals surface area (Å²) in [6, 6.07) is 8.38. The van der Waals surface area contributed by atoms with Crippen LogP contribution in [0, 0.1) is 0 Å². The number of benzene rings is 1. The molecule has 0 saturated carbocycles. The average Bonchev–Trinajstić information content (AvgIpc) is 3.29. The molecule has 0 N–H and O–H groups in total. The van der Waals surface area contributed by atoms with Gasteiger partial charge in [-0.15, -0.1) is 5.10 Å². The molecule has 7 heteroatoms. The lowest BCUT2D eigenvalue weighted by Crippen LogP contribution is -2.35. The third kappa shape index (κ3) is 2.05. The Bertz CT molecular complexity index is 985. The fraction of sp³-hybridized carbons (Fsp3) is 0.294. The number of fused-ring (bicyclic) bond motifs is 3. The van der Waals surface area contributed by atoms with Crippen molar-refractivity contribution in [1.29, 1.82) is 0 Å². The molecule has 1 saturated heterocycles. The molecule has 120 valence electrons. The van der Waals surface area contributed by atoms with Gasteiger partial charge in [0.25, 0.3) is 0 Å². The molecule has 5 rings (SSSR count). The molecule has 4 aromatic rings. The second-order valence-corrected chi connectivity index (χ2v) is 6.07. The van der Waals surface area contributed by atoms with Crippen molar-refractivity contribution in [2.75, 3.05) is 18.0 Å². The monoisotopic (exact) mass is 320 g/mol. The van der Waals surface area contributed by atoms with Crippen molar-refractivity contribution in [2.45, 2.75) is 18.9 Å². The van der Waals surface area contributed by atoms with Crippen LogP contribution in [0.5, 0.6) is 0 Å². The number of rotatable bonds is 2. The molecular weight excluding hydrogens is 304 g/mol. The van der Waals surface area contributed by atoms with Crippen LogP contribution < -0.4 is 4.90 Å².